The van der Waals surface area contributed by atoms with Gasteiger partial charge in [-0.3, -0.25) is 4.72 Å². The van der Waals surface area contributed by atoms with Gasteiger partial charge in [-0.05, 0) is 12.1 Å². The summed E-state index contributed by atoms with van der Waals surface area (Å²) in [5.41, 5.74) is 0.410. The summed E-state index contributed by atoms with van der Waals surface area (Å²) in [6.07, 6.45) is 1.39. The molecule has 8 heteroatoms. The van der Waals surface area contributed by atoms with Crippen molar-refractivity contribution in [1.82, 2.24) is 14.6 Å². The van der Waals surface area contributed by atoms with Gasteiger partial charge in [0.25, 0.3) is 0 Å². The molecule has 1 aromatic heterocycles. The van der Waals surface area contributed by atoms with Gasteiger partial charge in [0.2, 0.25) is 0 Å². The average molecular weight is 277 g/mol. The van der Waals surface area contributed by atoms with Crippen LogP contribution >= 0.6 is 11.6 Å². The van der Waals surface area contributed by atoms with Crippen LogP contribution in [0.2, 0.25) is 5.15 Å². The predicted octanol–water partition coefficient (Wildman–Crippen LogP) is 0.297. The molecule has 1 aromatic rings. The minimum absolute atomic E-state index is 0.329. The van der Waals surface area contributed by atoms with Crippen molar-refractivity contribution < 1.29 is 8.42 Å². The molecule has 0 radical (unpaired) electrons. The Kier molecular flexibility index (Phi) is 3.82. The van der Waals surface area contributed by atoms with Crippen LogP contribution in [0.4, 0.5) is 5.69 Å². The first-order chi connectivity index (χ1) is 8.08. The Bertz CT molecular complexity index is 470. The van der Waals surface area contributed by atoms with Crippen molar-refractivity contribution in [3.05, 3.63) is 23.5 Å². The Morgan fingerprint density at radius 1 is 1.35 bits per heavy atom. The van der Waals surface area contributed by atoms with E-state index in [1.807, 2.05) is 0 Å². The van der Waals surface area contributed by atoms with E-state index in [0.717, 1.165) is 0 Å². The van der Waals surface area contributed by atoms with Gasteiger partial charge in [0.15, 0.2) is 0 Å². The molecule has 0 atom stereocenters. The van der Waals surface area contributed by atoms with E-state index >= 15 is 0 Å². The van der Waals surface area contributed by atoms with E-state index in [0.29, 0.717) is 37.0 Å². The number of aromatic nitrogens is 1. The van der Waals surface area contributed by atoms with E-state index in [4.69, 9.17) is 11.6 Å². The molecule has 6 nitrogen and oxygen atoms in total. The highest BCUT2D eigenvalue weighted by Gasteiger charge is 2.23. The molecular formula is C9H13ClN4O2S. The number of halogens is 1. The molecule has 1 saturated heterocycles. The lowest BCUT2D eigenvalue weighted by molar-refractivity contribution is 0.362. The normalized spacial score (nSPS) is 17.9. The number of nitrogens with one attached hydrogen (secondary N) is 2. The zero-order valence-corrected chi connectivity index (χ0v) is 10.6. The van der Waals surface area contributed by atoms with Crippen LogP contribution in [-0.4, -0.2) is 43.9 Å². The first kappa shape index (κ1) is 12.6. The second-order valence-corrected chi connectivity index (χ2v) is 5.68. The molecule has 0 amide bonds. The number of rotatable bonds is 3. The molecule has 17 heavy (non-hydrogen) atoms. The number of pyridine rings is 1. The van der Waals surface area contributed by atoms with Crippen molar-refractivity contribution >= 4 is 27.5 Å². The summed E-state index contributed by atoms with van der Waals surface area (Å²) in [6.45, 7) is 2.27. The molecule has 2 rings (SSSR count). The van der Waals surface area contributed by atoms with Crippen LogP contribution in [0.1, 0.15) is 0 Å². The molecule has 0 unspecified atom stereocenters. The van der Waals surface area contributed by atoms with E-state index in [9.17, 15) is 8.42 Å². The topological polar surface area (TPSA) is 74.3 Å². The van der Waals surface area contributed by atoms with Crippen LogP contribution < -0.4 is 10.0 Å². The largest absolute Gasteiger partial charge is 0.314 e. The van der Waals surface area contributed by atoms with Crippen LogP contribution in [0, 0.1) is 0 Å². The summed E-state index contributed by atoms with van der Waals surface area (Å²) in [6, 6.07) is 3.12. The first-order valence-electron chi connectivity index (χ1n) is 5.18. The third kappa shape index (κ3) is 3.29. The summed E-state index contributed by atoms with van der Waals surface area (Å²) in [5, 5.41) is 3.42. The molecule has 2 heterocycles. The molecule has 0 bridgehead atoms. The number of anilines is 1. The summed E-state index contributed by atoms with van der Waals surface area (Å²) in [7, 11) is -3.49. The zero-order valence-electron chi connectivity index (χ0n) is 9.06. The molecule has 0 aromatic carbocycles. The molecule has 0 aliphatic carbocycles. The van der Waals surface area contributed by atoms with Gasteiger partial charge in [0.1, 0.15) is 5.15 Å². The van der Waals surface area contributed by atoms with Gasteiger partial charge in [-0.2, -0.15) is 12.7 Å². The van der Waals surface area contributed by atoms with E-state index in [1.165, 1.54) is 16.6 Å². The van der Waals surface area contributed by atoms with Crippen molar-refractivity contribution in [3.63, 3.8) is 0 Å². The molecular weight excluding hydrogens is 264 g/mol. The Hall–Kier alpha value is -0.890. The van der Waals surface area contributed by atoms with Gasteiger partial charge < -0.3 is 5.32 Å². The number of hydrogen-bond acceptors (Lipinski definition) is 4. The Morgan fingerprint density at radius 3 is 2.65 bits per heavy atom. The molecule has 1 fully saturated rings. The molecule has 94 valence electrons. The van der Waals surface area contributed by atoms with Crippen molar-refractivity contribution in [1.29, 1.82) is 0 Å². The third-order valence-corrected chi connectivity index (χ3v) is 4.15. The Morgan fingerprint density at radius 2 is 2.06 bits per heavy atom. The van der Waals surface area contributed by atoms with Crippen LogP contribution in [-0.2, 0) is 10.2 Å². The smallest absolute Gasteiger partial charge is 0.301 e. The average Bonchev–Trinajstić information content (AvgIpc) is 2.33. The summed E-state index contributed by atoms with van der Waals surface area (Å²) in [5.74, 6) is 0. The van der Waals surface area contributed by atoms with Crippen LogP contribution in [0.25, 0.3) is 0 Å². The number of piperazine rings is 1. The molecule has 1 aliphatic heterocycles. The lowest BCUT2D eigenvalue weighted by atomic mass is 10.4. The van der Waals surface area contributed by atoms with Crippen molar-refractivity contribution in [2.75, 3.05) is 30.9 Å². The molecule has 1 aliphatic rings. The third-order valence-electron chi connectivity index (χ3n) is 2.39. The van der Waals surface area contributed by atoms with E-state index in [2.05, 4.69) is 15.0 Å². The molecule has 0 saturated carbocycles. The standard InChI is InChI=1S/C9H13ClN4O2S/c10-9-2-1-8(7-12-9)13-17(15,16)14-5-3-11-4-6-14/h1-2,7,11,13H,3-6H2. The fourth-order valence-corrected chi connectivity index (χ4v) is 2.86. The second kappa shape index (κ2) is 5.18. The number of nitrogens with zero attached hydrogens (tertiary/aromatic N) is 2. The maximum Gasteiger partial charge on any atom is 0.301 e. The summed E-state index contributed by atoms with van der Waals surface area (Å²) >= 11 is 5.62. The van der Waals surface area contributed by atoms with Crippen LogP contribution in [0.3, 0.4) is 0 Å². The fraction of sp³-hybridized carbons (Fsp3) is 0.444. The van der Waals surface area contributed by atoms with Gasteiger partial charge in [-0.1, -0.05) is 11.6 Å². The Balaban J connectivity index is 2.08. The maximum atomic E-state index is 12.0. The zero-order chi connectivity index (χ0) is 12.3. The summed E-state index contributed by atoms with van der Waals surface area (Å²) in [4.78, 5) is 3.82. The molecule has 0 spiro atoms. The highest BCUT2D eigenvalue weighted by molar-refractivity contribution is 7.90. The first-order valence-corrected chi connectivity index (χ1v) is 7.00. The minimum Gasteiger partial charge on any atom is -0.314 e. The van der Waals surface area contributed by atoms with E-state index in [-0.39, 0.29) is 0 Å². The van der Waals surface area contributed by atoms with Gasteiger partial charge in [0, 0.05) is 26.2 Å². The van der Waals surface area contributed by atoms with Crippen LogP contribution in [0.15, 0.2) is 18.3 Å². The van der Waals surface area contributed by atoms with Gasteiger partial charge in [0.05, 0.1) is 11.9 Å². The quantitative estimate of drug-likeness (QED) is 0.779. The van der Waals surface area contributed by atoms with Crippen molar-refractivity contribution in [2.45, 2.75) is 0 Å². The second-order valence-electron chi connectivity index (χ2n) is 3.63. The summed E-state index contributed by atoms with van der Waals surface area (Å²) < 4.78 is 27.8. The lowest BCUT2D eigenvalue weighted by Crippen LogP contribution is -2.48. The van der Waals surface area contributed by atoms with Crippen LogP contribution in [0.5, 0.6) is 0 Å². The maximum absolute atomic E-state index is 12.0. The highest BCUT2D eigenvalue weighted by atomic mass is 35.5. The monoisotopic (exact) mass is 276 g/mol. The van der Waals surface area contributed by atoms with Crippen molar-refractivity contribution in [3.8, 4) is 0 Å². The Labute approximate surface area is 105 Å². The number of hydrogen-bond donors (Lipinski definition) is 2. The van der Waals surface area contributed by atoms with Gasteiger partial charge >= 0.3 is 10.2 Å². The predicted molar refractivity (Wildman–Crippen MR) is 66.2 cm³/mol. The fourth-order valence-electron chi connectivity index (χ4n) is 1.53. The van der Waals surface area contributed by atoms with Crippen molar-refractivity contribution in [2.24, 2.45) is 0 Å². The highest BCUT2D eigenvalue weighted by Crippen LogP contribution is 2.13. The molecule has 2 N–H and O–H groups in total. The minimum atomic E-state index is -3.49. The van der Waals surface area contributed by atoms with Gasteiger partial charge in [-0.15, -0.1) is 0 Å². The van der Waals surface area contributed by atoms with Gasteiger partial charge in [-0.25, -0.2) is 4.98 Å². The lowest BCUT2D eigenvalue weighted by Gasteiger charge is -2.26. The van der Waals surface area contributed by atoms with E-state index < -0.39 is 10.2 Å². The van der Waals surface area contributed by atoms with E-state index in [1.54, 1.807) is 6.07 Å². The SMILES string of the molecule is O=S(=O)(Nc1ccc(Cl)nc1)N1CCNCC1.